The summed E-state index contributed by atoms with van der Waals surface area (Å²) in [5.41, 5.74) is 2.37. The number of hydrogen-bond donors (Lipinski definition) is 1. The van der Waals surface area contributed by atoms with E-state index < -0.39 is 0 Å². The summed E-state index contributed by atoms with van der Waals surface area (Å²) < 4.78 is 16.8. The average molecular weight is 279 g/mol. The molecule has 0 amide bonds. The van der Waals surface area contributed by atoms with E-state index in [2.05, 4.69) is 31.3 Å². The van der Waals surface area contributed by atoms with Crippen molar-refractivity contribution in [3.05, 3.63) is 23.3 Å². The topological polar surface area (TPSA) is 39.7 Å². The van der Waals surface area contributed by atoms with Crippen LogP contribution in [0.4, 0.5) is 0 Å². The molecule has 4 heteroatoms. The van der Waals surface area contributed by atoms with Gasteiger partial charge in [0.25, 0.3) is 0 Å². The molecular weight excluding hydrogens is 254 g/mol. The lowest BCUT2D eigenvalue weighted by atomic mass is 10.1. The van der Waals surface area contributed by atoms with Crippen LogP contribution in [0.15, 0.2) is 12.1 Å². The smallest absolute Gasteiger partial charge is 0.123 e. The molecule has 0 saturated carbocycles. The van der Waals surface area contributed by atoms with Crippen LogP contribution >= 0.6 is 0 Å². The molecule has 0 saturated heterocycles. The van der Waals surface area contributed by atoms with E-state index in [9.17, 15) is 0 Å². The molecule has 2 unspecified atom stereocenters. The monoisotopic (exact) mass is 279 g/mol. The maximum atomic E-state index is 5.80. The van der Waals surface area contributed by atoms with E-state index in [0.717, 1.165) is 43.2 Å². The van der Waals surface area contributed by atoms with Crippen LogP contribution in [0.3, 0.4) is 0 Å². The number of rotatable bonds is 7. The van der Waals surface area contributed by atoms with Crippen LogP contribution in [0.5, 0.6) is 11.5 Å². The van der Waals surface area contributed by atoms with Gasteiger partial charge in [0.15, 0.2) is 0 Å². The van der Waals surface area contributed by atoms with Crippen LogP contribution in [0.2, 0.25) is 0 Å². The number of fused-ring (bicyclic) bond motifs is 1. The largest absolute Gasteiger partial charge is 0.496 e. The minimum absolute atomic E-state index is 0.219. The molecule has 1 heterocycles. The van der Waals surface area contributed by atoms with E-state index in [1.807, 2.05) is 6.92 Å². The minimum Gasteiger partial charge on any atom is -0.496 e. The number of benzene rings is 1. The van der Waals surface area contributed by atoms with Crippen molar-refractivity contribution in [2.45, 2.75) is 45.9 Å². The van der Waals surface area contributed by atoms with Crippen LogP contribution in [0.1, 0.15) is 31.9 Å². The summed E-state index contributed by atoms with van der Waals surface area (Å²) in [6.07, 6.45) is 1.44. The second kappa shape index (κ2) is 6.95. The van der Waals surface area contributed by atoms with Crippen LogP contribution < -0.4 is 14.8 Å². The van der Waals surface area contributed by atoms with E-state index in [1.165, 1.54) is 5.56 Å². The lowest BCUT2D eigenvalue weighted by Crippen LogP contribution is -2.26. The van der Waals surface area contributed by atoms with E-state index in [1.54, 1.807) is 7.11 Å². The van der Waals surface area contributed by atoms with Gasteiger partial charge in [-0.15, -0.1) is 0 Å². The lowest BCUT2D eigenvalue weighted by Gasteiger charge is -2.15. The third-order valence-corrected chi connectivity index (χ3v) is 3.50. The standard InChI is InChI=1S/C16H25NO3/c1-5-19-12(3)9-17-10-14-8-16-13(6-11(2)20-16)7-15(14)18-4/h7-8,11-12,17H,5-6,9-10H2,1-4H3. The summed E-state index contributed by atoms with van der Waals surface area (Å²) in [6.45, 7) is 8.50. The van der Waals surface area contributed by atoms with Gasteiger partial charge in [0.2, 0.25) is 0 Å². The second-order valence-corrected chi connectivity index (χ2v) is 5.30. The molecule has 4 nitrogen and oxygen atoms in total. The number of hydrogen-bond acceptors (Lipinski definition) is 4. The third kappa shape index (κ3) is 3.64. The highest BCUT2D eigenvalue weighted by molar-refractivity contribution is 5.48. The first-order valence-corrected chi connectivity index (χ1v) is 7.32. The van der Waals surface area contributed by atoms with Crippen LogP contribution in [-0.2, 0) is 17.7 Å². The van der Waals surface area contributed by atoms with Crippen molar-refractivity contribution in [1.29, 1.82) is 0 Å². The van der Waals surface area contributed by atoms with Gasteiger partial charge >= 0.3 is 0 Å². The van der Waals surface area contributed by atoms with Crippen molar-refractivity contribution in [3.8, 4) is 11.5 Å². The average Bonchev–Trinajstić information content (AvgIpc) is 2.77. The van der Waals surface area contributed by atoms with Gasteiger partial charge in [0, 0.05) is 37.2 Å². The molecule has 20 heavy (non-hydrogen) atoms. The first-order valence-electron chi connectivity index (χ1n) is 7.32. The highest BCUT2D eigenvalue weighted by Crippen LogP contribution is 2.34. The molecule has 1 aromatic carbocycles. The number of methoxy groups -OCH3 is 1. The second-order valence-electron chi connectivity index (χ2n) is 5.30. The van der Waals surface area contributed by atoms with Crippen molar-refractivity contribution in [3.63, 3.8) is 0 Å². The zero-order valence-electron chi connectivity index (χ0n) is 12.9. The van der Waals surface area contributed by atoms with Crippen molar-refractivity contribution < 1.29 is 14.2 Å². The molecule has 0 bridgehead atoms. The molecule has 1 aromatic rings. The van der Waals surface area contributed by atoms with Crippen LogP contribution in [-0.4, -0.2) is 32.5 Å². The van der Waals surface area contributed by atoms with Gasteiger partial charge in [0.05, 0.1) is 13.2 Å². The van der Waals surface area contributed by atoms with Crippen molar-refractivity contribution in [1.82, 2.24) is 5.32 Å². The van der Waals surface area contributed by atoms with Gasteiger partial charge < -0.3 is 19.5 Å². The summed E-state index contributed by atoms with van der Waals surface area (Å²) >= 11 is 0. The number of ether oxygens (including phenoxy) is 3. The summed E-state index contributed by atoms with van der Waals surface area (Å²) in [6, 6.07) is 4.19. The van der Waals surface area contributed by atoms with E-state index in [4.69, 9.17) is 14.2 Å². The Morgan fingerprint density at radius 3 is 2.95 bits per heavy atom. The Hall–Kier alpha value is -1.26. The molecule has 0 spiro atoms. The summed E-state index contributed by atoms with van der Waals surface area (Å²) in [7, 11) is 1.72. The molecule has 0 aromatic heterocycles. The summed E-state index contributed by atoms with van der Waals surface area (Å²) in [4.78, 5) is 0. The first-order chi connectivity index (χ1) is 9.63. The lowest BCUT2D eigenvalue weighted by molar-refractivity contribution is 0.0759. The van der Waals surface area contributed by atoms with Gasteiger partial charge in [0.1, 0.15) is 17.6 Å². The Balaban J connectivity index is 1.99. The Labute approximate surface area is 121 Å². The third-order valence-electron chi connectivity index (χ3n) is 3.50. The van der Waals surface area contributed by atoms with Gasteiger partial charge in [-0.3, -0.25) is 0 Å². The van der Waals surface area contributed by atoms with Crippen molar-refractivity contribution >= 4 is 0 Å². The molecule has 1 aliphatic rings. The molecule has 1 N–H and O–H groups in total. The molecule has 1 aliphatic heterocycles. The molecule has 0 fully saturated rings. The van der Waals surface area contributed by atoms with Gasteiger partial charge in [-0.05, 0) is 32.9 Å². The maximum Gasteiger partial charge on any atom is 0.123 e. The fourth-order valence-electron chi connectivity index (χ4n) is 2.56. The van der Waals surface area contributed by atoms with Crippen LogP contribution in [0, 0.1) is 0 Å². The molecular formula is C16H25NO3. The zero-order valence-corrected chi connectivity index (χ0v) is 12.9. The SMILES string of the molecule is CCOC(C)CNCc1cc2c(cc1OC)CC(C)O2. The Kier molecular flexibility index (Phi) is 5.26. The Bertz CT molecular complexity index is 448. The predicted octanol–water partition coefficient (Wildman–Crippen LogP) is 2.53. The molecule has 2 rings (SSSR count). The van der Waals surface area contributed by atoms with Gasteiger partial charge in [-0.25, -0.2) is 0 Å². The quantitative estimate of drug-likeness (QED) is 0.832. The molecule has 0 aliphatic carbocycles. The van der Waals surface area contributed by atoms with Gasteiger partial charge in [-0.1, -0.05) is 0 Å². The zero-order chi connectivity index (χ0) is 14.5. The fraction of sp³-hybridized carbons (Fsp3) is 0.625. The summed E-state index contributed by atoms with van der Waals surface area (Å²) in [5.74, 6) is 1.92. The first kappa shape index (κ1) is 15.1. The molecule has 112 valence electrons. The highest BCUT2D eigenvalue weighted by Gasteiger charge is 2.21. The van der Waals surface area contributed by atoms with E-state index in [0.29, 0.717) is 0 Å². The minimum atomic E-state index is 0.219. The highest BCUT2D eigenvalue weighted by atomic mass is 16.5. The Morgan fingerprint density at radius 2 is 2.25 bits per heavy atom. The fourth-order valence-corrected chi connectivity index (χ4v) is 2.56. The maximum absolute atomic E-state index is 5.80. The van der Waals surface area contributed by atoms with Crippen molar-refractivity contribution in [2.24, 2.45) is 0 Å². The number of nitrogens with one attached hydrogen (secondary N) is 1. The summed E-state index contributed by atoms with van der Waals surface area (Å²) in [5, 5.41) is 3.40. The normalized spacial score (nSPS) is 18.5. The predicted molar refractivity (Wildman–Crippen MR) is 79.6 cm³/mol. The molecule has 2 atom stereocenters. The van der Waals surface area contributed by atoms with Crippen molar-refractivity contribution in [2.75, 3.05) is 20.3 Å². The van der Waals surface area contributed by atoms with Crippen LogP contribution in [0.25, 0.3) is 0 Å². The Morgan fingerprint density at radius 1 is 1.45 bits per heavy atom. The van der Waals surface area contributed by atoms with E-state index in [-0.39, 0.29) is 12.2 Å². The van der Waals surface area contributed by atoms with Gasteiger partial charge in [-0.2, -0.15) is 0 Å². The molecule has 0 radical (unpaired) electrons. The van der Waals surface area contributed by atoms with E-state index >= 15 is 0 Å².